The highest BCUT2D eigenvalue weighted by Gasteiger charge is 2.16. The summed E-state index contributed by atoms with van der Waals surface area (Å²) in [4.78, 5) is 13.8. The Balaban J connectivity index is 1.67. The third kappa shape index (κ3) is 4.62. The number of likely N-dealkylation sites (tertiary alicyclic amines) is 1. The first-order chi connectivity index (χ1) is 9.79. The van der Waals surface area contributed by atoms with Crippen molar-refractivity contribution in [2.24, 2.45) is 0 Å². The molecule has 1 aromatic carbocycles. The summed E-state index contributed by atoms with van der Waals surface area (Å²) in [6.45, 7) is 4.06. The molecule has 4 nitrogen and oxygen atoms in total. The molecule has 110 valence electrons. The number of nitrogens with zero attached hydrogens (tertiary/aromatic N) is 1. The van der Waals surface area contributed by atoms with Crippen molar-refractivity contribution >= 4 is 5.91 Å². The molecule has 0 aromatic heterocycles. The van der Waals surface area contributed by atoms with Gasteiger partial charge in [-0.3, -0.25) is 4.79 Å². The number of hydrogen-bond donors (Lipinski definition) is 1. The lowest BCUT2D eigenvalue weighted by Crippen LogP contribution is -2.30. The van der Waals surface area contributed by atoms with Gasteiger partial charge in [0.25, 0.3) is 0 Å². The Hall–Kier alpha value is -1.39. The summed E-state index contributed by atoms with van der Waals surface area (Å²) in [6.07, 6.45) is 2.91. The third-order valence-electron chi connectivity index (χ3n) is 3.61. The number of amides is 1. The van der Waals surface area contributed by atoms with E-state index >= 15 is 0 Å². The summed E-state index contributed by atoms with van der Waals surface area (Å²) in [7, 11) is 1.70. The van der Waals surface area contributed by atoms with E-state index in [4.69, 9.17) is 4.74 Å². The van der Waals surface area contributed by atoms with Gasteiger partial charge in [0.15, 0.2) is 0 Å². The molecule has 1 amide bonds. The molecule has 1 fully saturated rings. The number of carbonyl (C=O) groups excluding carboxylic acids is 1. The predicted molar refractivity (Wildman–Crippen MR) is 79.3 cm³/mol. The molecule has 2 rings (SSSR count). The van der Waals surface area contributed by atoms with E-state index in [0.717, 1.165) is 39.0 Å². The molecule has 0 unspecified atom stereocenters. The Morgan fingerprint density at radius 1 is 1.30 bits per heavy atom. The number of methoxy groups -OCH3 is 1. The fourth-order valence-electron chi connectivity index (χ4n) is 2.55. The Morgan fingerprint density at radius 3 is 2.80 bits per heavy atom. The lowest BCUT2D eigenvalue weighted by Gasteiger charge is -2.15. The summed E-state index contributed by atoms with van der Waals surface area (Å²) >= 11 is 0. The number of carbonyl (C=O) groups is 1. The second-order valence-electron chi connectivity index (χ2n) is 5.27. The molecule has 0 spiro atoms. The zero-order chi connectivity index (χ0) is 14.2. The normalized spacial score (nSPS) is 14.8. The van der Waals surface area contributed by atoms with E-state index in [0.29, 0.717) is 13.0 Å². The monoisotopic (exact) mass is 276 g/mol. The number of nitrogens with one attached hydrogen (secondary N) is 1. The van der Waals surface area contributed by atoms with Gasteiger partial charge >= 0.3 is 0 Å². The van der Waals surface area contributed by atoms with Gasteiger partial charge in [-0.25, -0.2) is 0 Å². The van der Waals surface area contributed by atoms with Crippen LogP contribution in [-0.4, -0.2) is 37.6 Å². The minimum Gasteiger partial charge on any atom is -0.380 e. The van der Waals surface area contributed by atoms with Crippen molar-refractivity contribution in [3.63, 3.8) is 0 Å². The summed E-state index contributed by atoms with van der Waals surface area (Å²) in [5.74, 6) is 0.281. The van der Waals surface area contributed by atoms with E-state index in [1.54, 1.807) is 7.11 Å². The summed E-state index contributed by atoms with van der Waals surface area (Å²) in [5.41, 5.74) is 2.41. The molecule has 4 heteroatoms. The summed E-state index contributed by atoms with van der Waals surface area (Å²) in [5, 5.41) is 3.34. The zero-order valence-corrected chi connectivity index (χ0v) is 12.2. The van der Waals surface area contributed by atoms with E-state index in [1.807, 2.05) is 11.0 Å². The largest absolute Gasteiger partial charge is 0.380 e. The summed E-state index contributed by atoms with van der Waals surface area (Å²) in [6, 6.07) is 8.33. The Labute approximate surface area is 121 Å². The van der Waals surface area contributed by atoms with Crippen LogP contribution in [-0.2, 0) is 22.7 Å². The van der Waals surface area contributed by atoms with E-state index < -0.39 is 0 Å². The lowest BCUT2D eigenvalue weighted by molar-refractivity contribution is -0.130. The van der Waals surface area contributed by atoms with Crippen molar-refractivity contribution < 1.29 is 9.53 Å². The van der Waals surface area contributed by atoms with Crippen LogP contribution in [0.25, 0.3) is 0 Å². The Morgan fingerprint density at radius 2 is 2.05 bits per heavy atom. The van der Waals surface area contributed by atoms with E-state index in [2.05, 4.69) is 23.5 Å². The molecule has 1 aliphatic rings. The molecule has 0 saturated carbocycles. The van der Waals surface area contributed by atoms with Gasteiger partial charge in [-0.15, -0.1) is 0 Å². The maximum atomic E-state index is 11.9. The van der Waals surface area contributed by atoms with Crippen LogP contribution in [0.1, 0.15) is 30.4 Å². The second kappa shape index (κ2) is 8.02. The molecule has 0 atom stereocenters. The number of hydrogen-bond acceptors (Lipinski definition) is 3. The number of ether oxygens (including phenoxy) is 1. The van der Waals surface area contributed by atoms with Crippen LogP contribution in [0.2, 0.25) is 0 Å². The smallest absolute Gasteiger partial charge is 0.223 e. The topological polar surface area (TPSA) is 41.6 Å². The van der Waals surface area contributed by atoms with Crippen molar-refractivity contribution in [2.75, 3.05) is 26.7 Å². The SMILES string of the molecule is COCc1cccc(CNCCC(=O)N2CCCC2)c1. The maximum Gasteiger partial charge on any atom is 0.223 e. The molecule has 0 radical (unpaired) electrons. The fraction of sp³-hybridized carbons (Fsp3) is 0.562. The van der Waals surface area contributed by atoms with Crippen molar-refractivity contribution in [1.82, 2.24) is 10.2 Å². The molecule has 1 aliphatic heterocycles. The summed E-state index contributed by atoms with van der Waals surface area (Å²) < 4.78 is 5.13. The van der Waals surface area contributed by atoms with Crippen molar-refractivity contribution in [3.05, 3.63) is 35.4 Å². The van der Waals surface area contributed by atoms with Gasteiger partial charge in [-0.05, 0) is 24.0 Å². The second-order valence-corrected chi connectivity index (χ2v) is 5.27. The Bertz CT molecular complexity index is 428. The highest BCUT2D eigenvalue weighted by molar-refractivity contribution is 5.76. The number of rotatable bonds is 7. The third-order valence-corrected chi connectivity index (χ3v) is 3.61. The molecule has 1 heterocycles. The maximum absolute atomic E-state index is 11.9. The van der Waals surface area contributed by atoms with E-state index in [1.165, 1.54) is 11.1 Å². The zero-order valence-electron chi connectivity index (χ0n) is 12.2. The van der Waals surface area contributed by atoms with E-state index in [-0.39, 0.29) is 5.91 Å². The first kappa shape index (κ1) is 15.0. The quantitative estimate of drug-likeness (QED) is 0.774. The van der Waals surface area contributed by atoms with Crippen molar-refractivity contribution in [2.45, 2.75) is 32.4 Å². The van der Waals surface area contributed by atoms with Crippen molar-refractivity contribution in [3.8, 4) is 0 Å². The molecular weight excluding hydrogens is 252 g/mol. The highest BCUT2D eigenvalue weighted by atomic mass is 16.5. The molecule has 1 N–H and O–H groups in total. The molecule has 1 aromatic rings. The van der Waals surface area contributed by atoms with Gasteiger partial charge in [0, 0.05) is 39.7 Å². The molecule has 20 heavy (non-hydrogen) atoms. The average Bonchev–Trinajstić information content (AvgIpc) is 2.98. The molecular formula is C16H24N2O2. The van der Waals surface area contributed by atoms with E-state index in [9.17, 15) is 4.79 Å². The van der Waals surface area contributed by atoms with Crippen LogP contribution < -0.4 is 5.32 Å². The predicted octanol–water partition coefficient (Wildman–Crippen LogP) is 1.94. The average molecular weight is 276 g/mol. The lowest BCUT2D eigenvalue weighted by atomic mass is 10.1. The van der Waals surface area contributed by atoms with Crippen LogP contribution in [0.15, 0.2) is 24.3 Å². The fourth-order valence-corrected chi connectivity index (χ4v) is 2.55. The number of benzene rings is 1. The van der Waals surface area contributed by atoms with Gasteiger partial charge in [-0.2, -0.15) is 0 Å². The van der Waals surface area contributed by atoms with Crippen LogP contribution in [0.5, 0.6) is 0 Å². The standard InChI is InChI=1S/C16H24N2O2/c1-20-13-15-6-4-5-14(11-15)12-17-8-7-16(19)18-9-2-3-10-18/h4-6,11,17H,2-3,7-10,12-13H2,1H3. The van der Waals surface area contributed by atoms with Crippen LogP contribution in [0, 0.1) is 0 Å². The minimum atomic E-state index is 0.281. The molecule has 0 aliphatic carbocycles. The highest BCUT2D eigenvalue weighted by Crippen LogP contribution is 2.09. The van der Waals surface area contributed by atoms with Gasteiger partial charge in [0.1, 0.15) is 0 Å². The first-order valence-corrected chi connectivity index (χ1v) is 7.35. The van der Waals surface area contributed by atoms with Crippen molar-refractivity contribution in [1.29, 1.82) is 0 Å². The molecule has 0 bridgehead atoms. The van der Waals surface area contributed by atoms with Gasteiger partial charge < -0.3 is 15.0 Å². The van der Waals surface area contributed by atoms with Crippen LogP contribution in [0.4, 0.5) is 0 Å². The van der Waals surface area contributed by atoms with Gasteiger partial charge in [-0.1, -0.05) is 24.3 Å². The Kier molecular flexibility index (Phi) is 6.02. The van der Waals surface area contributed by atoms with Crippen LogP contribution in [0.3, 0.4) is 0 Å². The first-order valence-electron chi connectivity index (χ1n) is 7.35. The minimum absolute atomic E-state index is 0.281. The van der Waals surface area contributed by atoms with Gasteiger partial charge in [0.05, 0.1) is 6.61 Å². The van der Waals surface area contributed by atoms with Crippen LogP contribution >= 0.6 is 0 Å². The molecule has 1 saturated heterocycles. The van der Waals surface area contributed by atoms with Gasteiger partial charge in [0.2, 0.25) is 5.91 Å².